The van der Waals surface area contributed by atoms with Crippen molar-refractivity contribution < 1.29 is 4.79 Å². The third-order valence-electron chi connectivity index (χ3n) is 2.70. The Morgan fingerprint density at radius 3 is 2.93 bits per heavy atom. The minimum atomic E-state index is 0.643. The van der Waals surface area contributed by atoms with E-state index in [1.807, 2.05) is 25.2 Å². The number of carbonyl (C=O) groups is 1. The number of halogens is 1. The predicted octanol–water partition coefficient (Wildman–Crippen LogP) is 1.75. The largest absolute Gasteiger partial charge is 0.373 e. The van der Waals surface area contributed by atoms with E-state index in [1.165, 1.54) is 0 Å². The van der Waals surface area contributed by atoms with Gasteiger partial charge in [0.1, 0.15) is 0 Å². The van der Waals surface area contributed by atoms with E-state index in [4.69, 9.17) is 11.6 Å². The molecule has 80 valence electrons. The summed E-state index contributed by atoms with van der Waals surface area (Å²) >= 11 is 5.94. The van der Waals surface area contributed by atoms with E-state index < -0.39 is 0 Å². The van der Waals surface area contributed by atoms with Crippen molar-refractivity contribution >= 4 is 23.7 Å². The van der Waals surface area contributed by atoms with Gasteiger partial charge in [-0.2, -0.15) is 0 Å². The summed E-state index contributed by atoms with van der Waals surface area (Å²) in [4.78, 5) is 14.7. The minimum Gasteiger partial charge on any atom is -0.373 e. The summed E-state index contributed by atoms with van der Waals surface area (Å²) in [5.74, 6) is 0. The number of hydrogen-bond donors (Lipinski definition) is 0. The highest BCUT2D eigenvalue weighted by atomic mass is 35.5. The Hall–Kier alpha value is -1.22. The first-order chi connectivity index (χ1) is 7.20. The Morgan fingerprint density at radius 1 is 1.40 bits per heavy atom. The highest BCUT2D eigenvalue weighted by molar-refractivity contribution is 6.30. The van der Waals surface area contributed by atoms with Crippen LogP contribution in [0.2, 0.25) is 5.02 Å². The maximum absolute atomic E-state index is 10.8. The van der Waals surface area contributed by atoms with Gasteiger partial charge in [-0.05, 0) is 23.8 Å². The first kappa shape index (κ1) is 10.3. The first-order valence-corrected chi connectivity index (χ1v) is 5.27. The van der Waals surface area contributed by atoms with Crippen molar-refractivity contribution in [3.63, 3.8) is 0 Å². The molecule has 0 atom stereocenters. The molecular formula is C11H13ClN2O. The van der Waals surface area contributed by atoms with Crippen LogP contribution in [0, 0.1) is 0 Å². The standard InChI is InChI=1S/C11H13ClN2O/c1-13-4-5-14(8-15)7-9-6-10(12)2-3-11(9)13/h2-3,6,8H,4-5,7H2,1H3. The van der Waals surface area contributed by atoms with Crippen molar-refractivity contribution in [3.8, 4) is 0 Å². The lowest BCUT2D eigenvalue weighted by Gasteiger charge is -2.18. The van der Waals surface area contributed by atoms with E-state index in [0.29, 0.717) is 6.54 Å². The fourth-order valence-electron chi connectivity index (χ4n) is 1.84. The molecule has 0 saturated carbocycles. The van der Waals surface area contributed by atoms with Crippen LogP contribution in [0.25, 0.3) is 0 Å². The van der Waals surface area contributed by atoms with Gasteiger partial charge in [0.2, 0.25) is 6.41 Å². The van der Waals surface area contributed by atoms with Crippen molar-refractivity contribution in [1.82, 2.24) is 4.90 Å². The third-order valence-corrected chi connectivity index (χ3v) is 2.93. The van der Waals surface area contributed by atoms with Gasteiger partial charge in [0.15, 0.2) is 0 Å². The third kappa shape index (κ3) is 2.07. The molecule has 1 aliphatic heterocycles. The zero-order valence-electron chi connectivity index (χ0n) is 8.61. The van der Waals surface area contributed by atoms with E-state index in [2.05, 4.69) is 4.90 Å². The quantitative estimate of drug-likeness (QED) is 0.679. The molecule has 1 aromatic rings. The van der Waals surface area contributed by atoms with E-state index >= 15 is 0 Å². The summed E-state index contributed by atoms with van der Waals surface area (Å²) in [6.45, 7) is 2.25. The topological polar surface area (TPSA) is 23.6 Å². The van der Waals surface area contributed by atoms with Gasteiger partial charge in [-0.1, -0.05) is 11.6 Å². The van der Waals surface area contributed by atoms with Gasteiger partial charge in [-0.3, -0.25) is 4.79 Å². The van der Waals surface area contributed by atoms with Crippen molar-refractivity contribution in [3.05, 3.63) is 28.8 Å². The molecule has 1 amide bonds. The molecule has 0 aliphatic carbocycles. The van der Waals surface area contributed by atoms with Crippen LogP contribution in [-0.2, 0) is 11.3 Å². The van der Waals surface area contributed by atoms with E-state index in [9.17, 15) is 4.79 Å². The number of anilines is 1. The van der Waals surface area contributed by atoms with Gasteiger partial charge < -0.3 is 9.80 Å². The van der Waals surface area contributed by atoms with Gasteiger partial charge in [0, 0.05) is 37.4 Å². The zero-order valence-corrected chi connectivity index (χ0v) is 9.37. The van der Waals surface area contributed by atoms with Crippen molar-refractivity contribution in [2.75, 3.05) is 25.0 Å². The second-order valence-corrected chi connectivity index (χ2v) is 4.21. The van der Waals surface area contributed by atoms with Gasteiger partial charge in [-0.25, -0.2) is 0 Å². The normalized spacial score (nSPS) is 15.9. The molecule has 0 N–H and O–H groups in total. The molecule has 0 bridgehead atoms. The Balaban J connectivity index is 2.40. The molecule has 15 heavy (non-hydrogen) atoms. The lowest BCUT2D eigenvalue weighted by atomic mass is 10.1. The number of fused-ring (bicyclic) bond motifs is 1. The summed E-state index contributed by atoms with van der Waals surface area (Å²) in [6, 6.07) is 5.81. The van der Waals surface area contributed by atoms with Crippen LogP contribution in [0.1, 0.15) is 5.56 Å². The highest BCUT2D eigenvalue weighted by Crippen LogP contribution is 2.26. The van der Waals surface area contributed by atoms with Crippen molar-refractivity contribution in [2.24, 2.45) is 0 Å². The Morgan fingerprint density at radius 2 is 2.20 bits per heavy atom. The molecule has 0 saturated heterocycles. The average Bonchev–Trinajstić information content (AvgIpc) is 2.38. The molecule has 0 aromatic heterocycles. The lowest BCUT2D eigenvalue weighted by Crippen LogP contribution is -2.28. The Kier molecular flexibility index (Phi) is 2.82. The molecule has 4 heteroatoms. The summed E-state index contributed by atoms with van der Waals surface area (Å²) in [5, 5.41) is 0.717. The van der Waals surface area contributed by atoms with E-state index in [1.54, 1.807) is 4.90 Å². The molecule has 0 fully saturated rings. The molecule has 0 spiro atoms. The first-order valence-electron chi connectivity index (χ1n) is 4.89. The lowest BCUT2D eigenvalue weighted by molar-refractivity contribution is -0.118. The van der Waals surface area contributed by atoms with Gasteiger partial charge in [0.05, 0.1) is 0 Å². The number of nitrogens with zero attached hydrogens (tertiary/aromatic N) is 2. The molecule has 1 heterocycles. The maximum Gasteiger partial charge on any atom is 0.210 e. The second-order valence-electron chi connectivity index (χ2n) is 3.77. The molecule has 0 unspecified atom stereocenters. The number of benzene rings is 1. The van der Waals surface area contributed by atoms with Crippen LogP contribution >= 0.6 is 11.6 Å². The number of rotatable bonds is 1. The monoisotopic (exact) mass is 224 g/mol. The van der Waals surface area contributed by atoms with E-state index in [-0.39, 0.29) is 0 Å². The summed E-state index contributed by atoms with van der Waals surface area (Å²) in [5.41, 5.74) is 2.26. The SMILES string of the molecule is CN1CCN(C=O)Cc2cc(Cl)ccc21. The Labute approximate surface area is 94.2 Å². The molecular weight excluding hydrogens is 212 g/mol. The zero-order chi connectivity index (χ0) is 10.8. The van der Waals surface area contributed by atoms with Crippen LogP contribution in [0.3, 0.4) is 0 Å². The molecule has 3 nitrogen and oxygen atoms in total. The minimum absolute atomic E-state index is 0.643. The molecule has 1 aliphatic rings. The number of carbonyl (C=O) groups excluding carboxylic acids is 1. The average molecular weight is 225 g/mol. The fraction of sp³-hybridized carbons (Fsp3) is 0.364. The van der Waals surface area contributed by atoms with Crippen LogP contribution in [0.4, 0.5) is 5.69 Å². The van der Waals surface area contributed by atoms with Crippen LogP contribution in [-0.4, -0.2) is 31.4 Å². The fourth-order valence-corrected chi connectivity index (χ4v) is 2.03. The summed E-state index contributed by atoms with van der Waals surface area (Å²) in [7, 11) is 2.03. The van der Waals surface area contributed by atoms with Crippen molar-refractivity contribution in [2.45, 2.75) is 6.54 Å². The number of likely N-dealkylation sites (N-methyl/N-ethyl adjacent to an activating group) is 1. The molecule has 1 aromatic carbocycles. The van der Waals surface area contributed by atoms with Gasteiger partial charge >= 0.3 is 0 Å². The summed E-state index contributed by atoms with van der Waals surface area (Å²) < 4.78 is 0. The maximum atomic E-state index is 10.8. The number of hydrogen-bond acceptors (Lipinski definition) is 2. The number of amides is 1. The molecule has 2 rings (SSSR count). The second kappa shape index (κ2) is 4.11. The predicted molar refractivity (Wildman–Crippen MR) is 61.2 cm³/mol. The van der Waals surface area contributed by atoms with Gasteiger partial charge in [-0.15, -0.1) is 0 Å². The van der Waals surface area contributed by atoms with Crippen LogP contribution in [0.15, 0.2) is 18.2 Å². The van der Waals surface area contributed by atoms with E-state index in [0.717, 1.165) is 35.8 Å². The smallest absolute Gasteiger partial charge is 0.210 e. The van der Waals surface area contributed by atoms with Crippen molar-refractivity contribution in [1.29, 1.82) is 0 Å². The van der Waals surface area contributed by atoms with Crippen LogP contribution in [0.5, 0.6) is 0 Å². The summed E-state index contributed by atoms with van der Waals surface area (Å²) in [6.07, 6.45) is 0.893. The van der Waals surface area contributed by atoms with Gasteiger partial charge in [0.25, 0.3) is 0 Å². The highest BCUT2D eigenvalue weighted by Gasteiger charge is 2.16. The van der Waals surface area contributed by atoms with Crippen LogP contribution < -0.4 is 4.90 Å². The molecule has 0 radical (unpaired) electrons. The Bertz CT molecular complexity index is 381.